The summed E-state index contributed by atoms with van der Waals surface area (Å²) >= 11 is 0. The SMILES string of the molecule is CN(C)CC1(c2cccc(F)c2)CCCN1. The van der Waals surface area contributed by atoms with E-state index in [-0.39, 0.29) is 11.4 Å². The van der Waals surface area contributed by atoms with Crippen LogP contribution in [0, 0.1) is 5.82 Å². The predicted molar refractivity (Wildman–Crippen MR) is 63.9 cm³/mol. The summed E-state index contributed by atoms with van der Waals surface area (Å²) in [7, 11) is 4.11. The molecule has 1 atom stereocenters. The second-order valence-corrected chi connectivity index (χ2v) is 4.86. The summed E-state index contributed by atoms with van der Waals surface area (Å²) in [6.45, 7) is 1.93. The highest BCUT2D eigenvalue weighted by Crippen LogP contribution is 2.31. The zero-order valence-electron chi connectivity index (χ0n) is 9.96. The zero-order chi connectivity index (χ0) is 11.6. The van der Waals surface area contributed by atoms with Crippen molar-refractivity contribution in [2.24, 2.45) is 0 Å². The molecule has 1 aliphatic rings. The monoisotopic (exact) mass is 222 g/mol. The van der Waals surface area contributed by atoms with Gasteiger partial charge in [0.1, 0.15) is 5.82 Å². The number of hydrogen-bond acceptors (Lipinski definition) is 2. The summed E-state index contributed by atoms with van der Waals surface area (Å²) in [4.78, 5) is 2.16. The lowest BCUT2D eigenvalue weighted by atomic mass is 9.88. The molecule has 0 bridgehead atoms. The average Bonchev–Trinajstić information content (AvgIpc) is 2.66. The summed E-state index contributed by atoms with van der Waals surface area (Å²) < 4.78 is 13.3. The van der Waals surface area contributed by atoms with Gasteiger partial charge in [0.05, 0.1) is 5.54 Å². The van der Waals surface area contributed by atoms with Gasteiger partial charge in [0.25, 0.3) is 0 Å². The van der Waals surface area contributed by atoms with Crippen molar-refractivity contribution in [3.05, 3.63) is 35.6 Å². The second-order valence-electron chi connectivity index (χ2n) is 4.86. The van der Waals surface area contributed by atoms with Crippen LogP contribution in [0.1, 0.15) is 18.4 Å². The van der Waals surface area contributed by atoms with Gasteiger partial charge >= 0.3 is 0 Å². The lowest BCUT2D eigenvalue weighted by molar-refractivity contribution is 0.259. The minimum atomic E-state index is -0.149. The molecule has 0 amide bonds. The number of hydrogen-bond donors (Lipinski definition) is 1. The molecule has 0 radical (unpaired) electrons. The van der Waals surface area contributed by atoms with Gasteiger partial charge in [-0.15, -0.1) is 0 Å². The molecule has 1 aliphatic heterocycles. The standard InChI is InChI=1S/C13H19FN2/c1-16(2)10-13(7-4-8-15-13)11-5-3-6-12(14)9-11/h3,5-6,9,15H,4,7-8,10H2,1-2H3. The zero-order valence-corrected chi connectivity index (χ0v) is 9.96. The van der Waals surface area contributed by atoms with Gasteiger partial charge in [-0.1, -0.05) is 12.1 Å². The molecule has 1 unspecified atom stereocenters. The summed E-state index contributed by atoms with van der Waals surface area (Å²) in [5.41, 5.74) is 1.00. The smallest absolute Gasteiger partial charge is 0.123 e. The Morgan fingerprint density at radius 1 is 1.44 bits per heavy atom. The lowest BCUT2D eigenvalue weighted by Gasteiger charge is -2.33. The van der Waals surface area contributed by atoms with Crippen molar-refractivity contribution in [3.8, 4) is 0 Å². The van der Waals surface area contributed by atoms with Crippen LogP contribution in [0.25, 0.3) is 0 Å². The molecule has 1 heterocycles. The maximum absolute atomic E-state index is 13.3. The fourth-order valence-electron chi connectivity index (χ4n) is 2.60. The van der Waals surface area contributed by atoms with Crippen LogP contribution < -0.4 is 5.32 Å². The normalized spacial score (nSPS) is 25.2. The van der Waals surface area contributed by atoms with Crippen LogP contribution in [0.15, 0.2) is 24.3 Å². The van der Waals surface area contributed by atoms with Crippen LogP contribution in [0.4, 0.5) is 4.39 Å². The maximum Gasteiger partial charge on any atom is 0.123 e. The fourth-order valence-corrected chi connectivity index (χ4v) is 2.60. The molecule has 1 aromatic rings. The molecule has 2 nitrogen and oxygen atoms in total. The van der Waals surface area contributed by atoms with Crippen molar-refractivity contribution in [2.45, 2.75) is 18.4 Å². The van der Waals surface area contributed by atoms with Gasteiger partial charge < -0.3 is 10.2 Å². The minimum Gasteiger partial charge on any atom is -0.307 e. The molecule has 0 aromatic heterocycles. The number of rotatable bonds is 3. The third kappa shape index (κ3) is 2.25. The molecule has 3 heteroatoms. The molecule has 0 saturated carbocycles. The topological polar surface area (TPSA) is 15.3 Å². The highest BCUT2D eigenvalue weighted by molar-refractivity contribution is 5.27. The number of likely N-dealkylation sites (N-methyl/N-ethyl adjacent to an activating group) is 1. The Kier molecular flexibility index (Phi) is 3.26. The summed E-state index contributed by atoms with van der Waals surface area (Å²) in [6, 6.07) is 6.97. The van der Waals surface area contributed by atoms with E-state index in [1.807, 2.05) is 6.07 Å². The van der Waals surface area contributed by atoms with E-state index in [0.717, 1.165) is 31.5 Å². The molecule has 1 N–H and O–H groups in total. The summed E-state index contributed by atoms with van der Waals surface area (Å²) in [5, 5.41) is 3.54. The summed E-state index contributed by atoms with van der Waals surface area (Å²) in [5.74, 6) is -0.149. The Morgan fingerprint density at radius 3 is 2.81 bits per heavy atom. The second kappa shape index (κ2) is 4.52. The van der Waals surface area contributed by atoms with Gasteiger partial charge in [-0.25, -0.2) is 4.39 Å². The van der Waals surface area contributed by atoms with Gasteiger partial charge in [0.2, 0.25) is 0 Å². The molecular formula is C13H19FN2. The number of nitrogens with zero attached hydrogens (tertiary/aromatic N) is 1. The molecule has 88 valence electrons. The van der Waals surface area contributed by atoms with E-state index in [9.17, 15) is 4.39 Å². The van der Waals surface area contributed by atoms with Gasteiger partial charge in [0, 0.05) is 6.54 Å². The molecular weight excluding hydrogens is 203 g/mol. The van der Waals surface area contributed by atoms with E-state index in [4.69, 9.17) is 0 Å². The van der Waals surface area contributed by atoms with Crippen molar-refractivity contribution >= 4 is 0 Å². The largest absolute Gasteiger partial charge is 0.307 e. The van der Waals surface area contributed by atoms with Crippen LogP contribution >= 0.6 is 0 Å². The third-order valence-corrected chi connectivity index (χ3v) is 3.21. The molecule has 0 aliphatic carbocycles. The van der Waals surface area contributed by atoms with Crippen molar-refractivity contribution in [1.82, 2.24) is 10.2 Å². The first-order valence-corrected chi connectivity index (χ1v) is 5.78. The van der Waals surface area contributed by atoms with Gasteiger partial charge in [0.15, 0.2) is 0 Å². The third-order valence-electron chi connectivity index (χ3n) is 3.21. The van der Waals surface area contributed by atoms with E-state index in [2.05, 4.69) is 24.3 Å². The Morgan fingerprint density at radius 2 is 2.25 bits per heavy atom. The molecule has 16 heavy (non-hydrogen) atoms. The minimum absolute atomic E-state index is 0.0639. The van der Waals surface area contributed by atoms with Gasteiger partial charge in [-0.2, -0.15) is 0 Å². The average molecular weight is 222 g/mol. The first-order valence-electron chi connectivity index (χ1n) is 5.78. The molecule has 2 rings (SSSR count). The Bertz CT molecular complexity index is 357. The van der Waals surface area contributed by atoms with Gasteiger partial charge in [-0.05, 0) is 51.2 Å². The highest BCUT2D eigenvalue weighted by atomic mass is 19.1. The van der Waals surface area contributed by atoms with Crippen LogP contribution in [0.3, 0.4) is 0 Å². The van der Waals surface area contributed by atoms with E-state index in [1.165, 1.54) is 6.07 Å². The van der Waals surface area contributed by atoms with Crippen molar-refractivity contribution in [2.75, 3.05) is 27.2 Å². The number of halogens is 1. The molecule has 0 spiro atoms. The first-order chi connectivity index (χ1) is 7.62. The maximum atomic E-state index is 13.3. The Balaban J connectivity index is 2.31. The Hall–Kier alpha value is -0.930. The first kappa shape index (κ1) is 11.6. The Labute approximate surface area is 96.5 Å². The van der Waals surface area contributed by atoms with E-state index in [0.29, 0.717) is 0 Å². The van der Waals surface area contributed by atoms with Crippen LogP contribution in [-0.4, -0.2) is 32.1 Å². The highest BCUT2D eigenvalue weighted by Gasteiger charge is 2.35. The van der Waals surface area contributed by atoms with Crippen molar-refractivity contribution in [3.63, 3.8) is 0 Å². The van der Waals surface area contributed by atoms with Crippen LogP contribution in [0.2, 0.25) is 0 Å². The van der Waals surface area contributed by atoms with Crippen molar-refractivity contribution < 1.29 is 4.39 Å². The quantitative estimate of drug-likeness (QED) is 0.841. The molecule has 1 fully saturated rings. The van der Waals surface area contributed by atoms with Gasteiger partial charge in [-0.3, -0.25) is 0 Å². The van der Waals surface area contributed by atoms with E-state index >= 15 is 0 Å². The predicted octanol–water partition coefficient (Wildman–Crippen LogP) is 1.97. The molecule has 1 aromatic carbocycles. The van der Waals surface area contributed by atoms with Crippen molar-refractivity contribution in [1.29, 1.82) is 0 Å². The lowest BCUT2D eigenvalue weighted by Crippen LogP contribution is -2.45. The number of benzene rings is 1. The van der Waals surface area contributed by atoms with E-state index < -0.39 is 0 Å². The van der Waals surface area contributed by atoms with Crippen LogP contribution in [-0.2, 0) is 5.54 Å². The number of nitrogens with one attached hydrogen (secondary N) is 1. The fraction of sp³-hybridized carbons (Fsp3) is 0.538. The molecule has 1 saturated heterocycles. The van der Waals surface area contributed by atoms with Crippen LogP contribution in [0.5, 0.6) is 0 Å². The summed E-state index contributed by atoms with van der Waals surface area (Å²) in [6.07, 6.45) is 2.24. The van der Waals surface area contributed by atoms with E-state index in [1.54, 1.807) is 12.1 Å².